The van der Waals surface area contributed by atoms with Crippen molar-refractivity contribution < 1.29 is 5.11 Å². The summed E-state index contributed by atoms with van der Waals surface area (Å²) in [6.07, 6.45) is 2.60. The van der Waals surface area contributed by atoms with Crippen LogP contribution in [-0.2, 0) is 6.42 Å². The number of hydrogen-bond donors (Lipinski definition) is 1. The van der Waals surface area contributed by atoms with Gasteiger partial charge in [-0.25, -0.2) is 0 Å². The predicted molar refractivity (Wildman–Crippen MR) is 73.1 cm³/mol. The minimum absolute atomic E-state index is 0.275. The fraction of sp³-hybridized carbons (Fsp3) is 0.200. The van der Waals surface area contributed by atoms with Crippen LogP contribution >= 0.6 is 0 Å². The maximum Gasteiger partial charge on any atom is 0.124 e. The van der Waals surface area contributed by atoms with E-state index in [1.54, 1.807) is 18.3 Å². The molecular weight excluding hydrogens is 224 g/mol. The summed E-state index contributed by atoms with van der Waals surface area (Å²) < 4.78 is 0. The van der Waals surface area contributed by atoms with Crippen LogP contribution in [0, 0.1) is 0 Å². The summed E-state index contributed by atoms with van der Waals surface area (Å²) in [4.78, 5) is 8.71. The van der Waals surface area contributed by atoms with Gasteiger partial charge >= 0.3 is 0 Å². The summed E-state index contributed by atoms with van der Waals surface area (Å²) in [5.74, 6) is 0.275. The van der Waals surface area contributed by atoms with Crippen molar-refractivity contribution in [3.63, 3.8) is 0 Å². The van der Waals surface area contributed by atoms with E-state index in [-0.39, 0.29) is 5.75 Å². The van der Waals surface area contributed by atoms with Crippen LogP contribution in [-0.4, -0.2) is 22.3 Å². The number of phenolic OH excluding ortho intramolecular Hbond substituents is 1. The highest BCUT2D eigenvalue weighted by molar-refractivity contribution is 6.00. The van der Waals surface area contributed by atoms with Crippen LogP contribution in [0.3, 0.4) is 0 Å². The van der Waals surface area contributed by atoms with Gasteiger partial charge in [0.05, 0.1) is 0 Å². The molecule has 18 heavy (non-hydrogen) atoms. The average Bonchev–Trinajstić information content (AvgIpc) is 2.40. The van der Waals surface area contributed by atoms with Crippen LogP contribution in [0.25, 0.3) is 0 Å². The number of pyridine rings is 1. The highest BCUT2D eigenvalue weighted by Gasteiger charge is 2.02. The first kappa shape index (κ1) is 12.3. The monoisotopic (exact) mass is 240 g/mol. The van der Waals surface area contributed by atoms with Crippen LogP contribution in [0.2, 0.25) is 0 Å². The van der Waals surface area contributed by atoms with Gasteiger partial charge in [-0.1, -0.05) is 18.2 Å². The number of benzene rings is 1. The summed E-state index contributed by atoms with van der Waals surface area (Å²) in [6, 6.07) is 13.1. The second kappa shape index (κ2) is 5.96. The van der Waals surface area contributed by atoms with Gasteiger partial charge in [-0.2, -0.15) is 0 Å². The molecule has 1 aromatic carbocycles. The molecule has 0 spiro atoms. The van der Waals surface area contributed by atoms with Crippen molar-refractivity contribution in [2.75, 3.05) is 6.54 Å². The van der Waals surface area contributed by atoms with Gasteiger partial charge in [0.15, 0.2) is 0 Å². The van der Waals surface area contributed by atoms with E-state index in [9.17, 15) is 5.11 Å². The number of aliphatic imine (C=N–C) groups is 1. The molecule has 1 N–H and O–H groups in total. The Morgan fingerprint density at radius 3 is 2.67 bits per heavy atom. The van der Waals surface area contributed by atoms with Gasteiger partial charge in [-0.3, -0.25) is 9.98 Å². The lowest BCUT2D eigenvalue weighted by Crippen LogP contribution is -1.99. The molecule has 0 amide bonds. The number of hydrogen-bond acceptors (Lipinski definition) is 3. The van der Waals surface area contributed by atoms with E-state index in [0.29, 0.717) is 6.54 Å². The van der Waals surface area contributed by atoms with Crippen LogP contribution in [0.5, 0.6) is 5.75 Å². The average molecular weight is 240 g/mol. The lowest BCUT2D eigenvalue weighted by atomic mass is 10.1. The van der Waals surface area contributed by atoms with Gasteiger partial charge in [0, 0.05) is 36.1 Å². The zero-order valence-corrected chi connectivity index (χ0v) is 10.4. The maximum atomic E-state index is 9.70. The zero-order valence-electron chi connectivity index (χ0n) is 10.4. The van der Waals surface area contributed by atoms with Crippen molar-refractivity contribution in [1.29, 1.82) is 0 Å². The number of para-hydroxylation sites is 1. The fourth-order valence-electron chi connectivity index (χ4n) is 1.75. The molecule has 0 aliphatic rings. The Bertz CT molecular complexity index is 535. The molecule has 2 aromatic rings. The molecule has 1 heterocycles. The lowest BCUT2D eigenvalue weighted by Gasteiger charge is -2.03. The van der Waals surface area contributed by atoms with E-state index < -0.39 is 0 Å². The molecule has 0 aliphatic carbocycles. The number of aromatic nitrogens is 1. The second-order valence-electron chi connectivity index (χ2n) is 4.06. The highest BCUT2D eigenvalue weighted by Crippen LogP contribution is 2.16. The summed E-state index contributed by atoms with van der Waals surface area (Å²) >= 11 is 0. The maximum absolute atomic E-state index is 9.70. The van der Waals surface area contributed by atoms with Crippen LogP contribution in [0.1, 0.15) is 18.2 Å². The van der Waals surface area contributed by atoms with Gasteiger partial charge in [0.25, 0.3) is 0 Å². The molecule has 3 nitrogen and oxygen atoms in total. The van der Waals surface area contributed by atoms with E-state index in [1.807, 2.05) is 37.3 Å². The molecule has 2 rings (SSSR count). The molecular formula is C15H16N2O. The number of rotatable bonds is 4. The lowest BCUT2D eigenvalue weighted by molar-refractivity contribution is 0.474. The van der Waals surface area contributed by atoms with Crippen molar-refractivity contribution >= 4 is 5.71 Å². The standard InChI is InChI=1S/C15H16N2O/c1-12(14-7-2-3-8-15(14)18)16-11-9-13-6-4-5-10-17-13/h2-8,10,18H,9,11H2,1H3. The van der Waals surface area contributed by atoms with Crippen molar-refractivity contribution in [3.05, 3.63) is 59.9 Å². The number of phenols is 1. The van der Waals surface area contributed by atoms with Crippen LogP contribution in [0.15, 0.2) is 53.7 Å². The Labute approximate surface area is 107 Å². The first-order valence-electron chi connectivity index (χ1n) is 5.96. The molecule has 0 fully saturated rings. The fourth-order valence-corrected chi connectivity index (χ4v) is 1.75. The summed E-state index contributed by atoms with van der Waals surface area (Å²) in [5.41, 5.74) is 2.67. The van der Waals surface area contributed by atoms with Gasteiger partial charge < -0.3 is 5.11 Å². The Morgan fingerprint density at radius 2 is 1.94 bits per heavy atom. The van der Waals surface area contributed by atoms with Crippen molar-refractivity contribution in [2.24, 2.45) is 4.99 Å². The van der Waals surface area contributed by atoms with Gasteiger partial charge in [0.2, 0.25) is 0 Å². The first-order chi connectivity index (χ1) is 8.77. The summed E-state index contributed by atoms with van der Waals surface area (Å²) in [7, 11) is 0. The SMILES string of the molecule is CC(=NCCc1ccccn1)c1ccccc1O. The minimum Gasteiger partial charge on any atom is -0.507 e. The Hall–Kier alpha value is -2.16. The molecule has 0 saturated carbocycles. The Morgan fingerprint density at radius 1 is 1.17 bits per heavy atom. The van der Waals surface area contributed by atoms with Crippen LogP contribution in [0.4, 0.5) is 0 Å². The van der Waals surface area contributed by atoms with Crippen LogP contribution < -0.4 is 0 Å². The molecule has 0 atom stereocenters. The molecule has 0 saturated heterocycles. The third kappa shape index (κ3) is 3.17. The smallest absolute Gasteiger partial charge is 0.124 e. The number of aromatic hydroxyl groups is 1. The quantitative estimate of drug-likeness (QED) is 0.835. The molecule has 0 aliphatic heterocycles. The Balaban J connectivity index is 2.00. The van der Waals surface area contributed by atoms with Crippen molar-refractivity contribution in [2.45, 2.75) is 13.3 Å². The summed E-state index contributed by atoms with van der Waals surface area (Å²) in [6.45, 7) is 2.59. The molecule has 0 unspecified atom stereocenters. The largest absolute Gasteiger partial charge is 0.507 e. The highest BCUT2D eigenvalue weighted by atomic mass is 16.3. The molecule has 1 aromatic heterocycles. The van der Waals surface area contributed by atoms with E-state index >= 15 is 0 Å². The van der Waals surface area contributed by atoms with E-state index in [0.717, 1.165) is 23.4 Å². The molecule has 3 heteroatoms. The molecule has 92 valence electrons. The van der Waals surface area contributed by atoms with Crippen molar-refractivity contribution in [3.8, 4) is 5.75 Å². The first-order valence-corrected chi connectivity index (χ1v) is 5.96. The minimum atomic E-state index is 0.275. The van der Waals surface area contributed by atoms with Crippen molar-refractivity contribution in [1.82, 2.24) is 4.98 Å². The van der Waals surface area contributed by atoms with Gasteiger partial charge in [-0.05, 0) is 31.2 Å². The predicted octanol–water partition coefficient (Wildman–Crippen LogP) is 2.84. The summed E-state index contributed by atoms with van der Waals surface area (Å²) in [5, 5.41) is 9.70. The number of nitrogens with zero attached hydrogens (tertiary/aromatic N) is 2. The van der Waals surface area contributed by atoms with E-state index in [1.165, 1.54) is 0 Å². The van der Waals surface area contributed by atoms with Gasteiger partial charge in [0.1, 0.15) is 5.75 Å². The zero-order chi connectivity index (χ0) is 12.8. The third-order valence-corrected chi connectivity index (χ3v) is 2.74. The van der Waals surface area contributed by atoms with E-state index in [2.05, 4.69) is 9.98 Å². The molecule has 0 radical (unpaired) electrons. The van der Waals surface area contributed by atoms with E-state index in [4.69, 9.17) is 0 Å². The third-order valence-electron chi connectivity index (χ3n) is 2.74. The second-order valence-corrected chi connectivity index (χ2v) is 4.06. The molecule has 0 bridgehead atoms. The topological polar surface area (TPSA) is 45.5 Å². The van der Waals surface area contributed by atoms with Gasteiger partial charge in [-0.15, -0.1) is 0 Å². The Kier molecular flexibility index (Phi) is 4.07. The normalized spacial score (nSPS) is 11.5.